The predicted octanol–water partition coefficient (Wildman–Crippen LogP) is 2.10. The highest BCUT2D eigenvalue weighted by Crippen LogP contribution is 2.22. The molecule has 0 aromatic heterocycles. The van der Waals surface area contributed by atoms with Crippen LogP contribution in [0.4, 0.5) is 0 Å². The Kier molecular flexibility index (Phi) is 4.90. The quantitative estimate of drug-likeness (QED) is 0.744. The molecule has 0 saturated carbocycles. The van der Waals surface area contributed by atoms with Gasteiger partial charge in [0.2, 0.25) is 0 Å². The number of hydrogen-bond donors (Lipinski definition) is 1. The number of piperidine rings is 1. The molecule has 2 heteroatoms. The summed E-state index contributed by atoms with van der Waals surface area (Å²) in [5.74, 6) is 0.933. The zero-order valence-electron chi connectivity index (χ0n) is 10.2. The summed E-state index contributed by atoms with van der Waals surface area (Å²) in [6.45, 7) is 9.58. The van der Waals surface area contributed by atoms with Gasteiger partial charge in [0.05, 0.1) is 0 Å². The van der Waals surface area contributed by atoms with Crippen LogP contribution in [0.25, 0.3) is 0 Å². The van der Waals surface area contributed by atoms with Crippen LogP contribution in [-0.4, -0.2) is 37.1 Å². The lowest BCUT2D eigenvalue weighted by molar-refractivity contribution is 0.125. The molecule has 1 aliphatic heterocycles. The fourth-order valence-corrected chi connectivity index (χ4v) is 2.29. The van der Waals surface area contributed by atoms with Crippen molar-refractivity contribution in [2.45, 2.75) is 52.1 Å². The molecule has 14 heavy (non-hydrogen) atoms. The number of likely N-dealkylation sites (tertiary alicyclic amines) is 1. The summed E-state index contributed by atoms with van der Waals surface area (Å²) >= 11 is 0. The van der Waals surface area contributed by atoms with E-state index in [4.69, 9.17) is 0 Å². The average Bonchev–Trinajstić information content (AvgIpc) is 2.16. The molecule has 2 nitrogen and oxygen atoms in total. The van der Waals surface area contributed by atoms with Crippen LogP contribution in [0.1, 0.15) is 40.0 Å². The molecule has 1 saturated heterocycles. The third-order valence-electron chi connectivity index (χ3n) is 3.62. The van der Waals surface area contributed by atoms with E-state index in [-0.39, 0.29) is 0 Å². The van der Waals surface area contributed by atoms with E-state index in [0.717, 1.165) is 12.0 Å². The van der Waals surface area contributed by atoms with Crippen LogP contribution in [0.3, 0.4) is 0 Å². The number of rotatable bonds is 4. The van der Waals surface area contributed by atoms with Gasteiger partial charge in [0.1, 0.15) is 0 Å². The maximum Gasteiger partial charge on any atom is 0.00694 e. The van der Waals surface area contributed by atoms with Gasteiger partial charge in [0.15, 0.2) is 0 Å². The summed E-state index contributed by atoms with van der Waals surface area (Å²) in [5.41, 5.74) is 0. The second-order valence-electron chi connectivity index (χ2n) is 4.99. The van der Waals surface area contributed by atoms with Crippen LogP contribution >= 0.6 is 0 Å². The lowest BCUT2D eigenvalue weighted by Crippen LogP contribution is -2.42. The Hall–Kier alpha value is -0.0800. The van der Waals surface area contributed by atoms with Gasteiger partial charge in [0, 0.05) is 12.1 Å². The Balaban J connectivity index is 2.24. The lowest BCUT2D eigenvalue weighted by Gasteiger charge is -2.37. The first kappa shape index (κ1) is 12.0. The topological polar surface area (TPSA) is 15.3 Å². The molecule has 84 valence electrons. The zero-order valence-corrected chi connectivity index (χ0v) is 10.2. The van der Waals surface area contributed by atoms with Crippen LogP contribution in [0, 0.1) is 5.92 Å². The lowest BCUT2D eigenvalue weighted by atomic mass is 9.93. The van der Waals surface area contributed by atoms with Crippen molar-refractivity contribution in [3.8, 4) is 0 Å². The van der Waals surface area contributed by atoms with Crippen molar-refractivity contribution in [1.82, 2.24) is 10.2 Å². The maximum absolute atomic E-state index is 3.30. The summed E-state index contributed by atoms with van der Waals surface area (Å²) in [4.78, 5) is 2.65. The van der Waals surface area contributed by atoms with Crippen LogP contribution in [0.15, 0.2) is 0 Å². The molecule has 1 rings (SSSR count). The normalized spacial score (nSPS) is 31.7. The summed E-state index contributed by atoms with van der Waals surface area (Å²) in [6.07, 6.45) is 4.04. The van der Waals surface area contributed by atoms with Gasteiger partial charge in [-0.2, -0.15) is 0 Å². The second-order valence-corrected chi connectivity index (χ2v) is 4.99. The molecule has 1 heterocycles. The summed E-state index contributed by atoms with van der Waals surface area (Å²) in [6, 6.07) is 1.45. The van der Waals surface area contributed by atoms with E-state index in [2.05, 4.69) is 31.0 Å². The maximum atomic E-state index is 3.30. The third-order valence-corrected chi connectivity index (χ3v) is 3.62. The van der Waals surface area contributed by atoms with E-state index in [1.165, 1.54) is 32.4 Å². The molecule has 1 aliphatic rings. The van der Waals surface area contributed by atoms with Crippen molar-refractivity contribution in [1.29, 1.82) is 0 Å². The fourth-order valence-electron chi connectivity index (χ4n) is 2.29. The SMILES string of the molecule is CNC(C)CCN1CCC(C)CC1C. The van der Waals surface area contributed by atoms with Gasteiger partial charge in [-0.3, -0.25) is 0 Å². The van der Waals surface area contributed by atoms with Gasteiger partial charge in [-0.25, -0.2) is 0 Å². The predicted molar refractivity (Wildman–Crippen MR) is 62.6 cm³/mol. The average molecular weight is 198 g/mol. The summed E-state index contributed by atoms with van der Waals surface area (Å²) in [5, 5.41) is 3.30. The van der Waals surface area contributed by atoms with Crippen molar-refractivity contribution in [2.24, 2.45) is 5.92 Å². The third kappa shape index (κ3) is 3.58. The van der Waals surface area contributed by atoms with Gasteiger partial charge < -0.3 is 10.2 Å². The molecule has 0 bridgehead atoms. The number of hydrogen-bond acceptors (Lipinski definition) is 2. The Morgan fingerprint density at radius 1 is 1.43 bits per heavy atom. The minimum atomic E-state index is 0.654. The first-order valence-corrected chi connectivity index (χ1v) is 6.04. The largest absolute Gasteiger partial charge is 0.317 e. The zero-order chi connectivity index (χ0) is 10.6. The number of nitrogens with zero attached hydrogens (tertiary/aromatic N) is 1. The Labute approximate surface area is 89.1 Å². The molecule has 3 unspecified atom stereocenters. The van der Waals surface area contributed by atoms with Crippen LogP contribution in [-0.2, 0) is 0 Å². The summed E-state index contributed by atoms with van der Waals surface area (Å²) in [7, 11) is 2.05. The van der Waals surface area contributed by atoms with Crippen molar-refractivity contribution >= 4 is 0 Å². The molecule has 3 atom stereocenters. The monoisotopic (exact) mass is 198 g/mol. The van der Waals surface area contributed by atoms with E-state index >= 15 is 0 Å². The van der Waals surface area contributed by atoms with E-state index in [9.17, 15) is 0 Å². The van der Waals surface area contributed by atoms with Crippen molar-refractivity contribution in [3.05, 3.63) is 0 Å². The highest BCUT2D eigenvalue weighted by molar-refractivity contribution is 4.77. The van der Waals surface area contributed by atoms with Crippen LogP contribution < -0.4 is 5.32 Å². The molecule has 0 aliphatic carbocycles. The molecule has 0 amide bonds. The molecule has 1 fully saturated rings. The minimum absolute atomic E-state index is 0.654. The van der Waals surface area contributed by atoms with E-state index in [1.54, 1.807) is 0 Å². The molecular formula is C12H26N2. The Bertz CT molecular complexity index is 158. The van der Waals surface area contributed by atoms with Crippen LogP contribution in [0.2, 0.25) is 0 Å². The first-order chi connectivity index (χ1) is 6.63. The van der Waals surface area contributed by atoms with Gasteiger partial charge >= 0.3 is 0 Å². The standard InChI is InChI=1S/C12H26N2/c1-10-5-7-14(12(3)9-10)8-6-11(2)13-4/h10-13H,5-9H2,1-4H3. The van der Waals surface area contributed by atoms with Gasteiger partial charge in [0.25, 0.3) is 0 Å². The Morgan fingerprint density at radius 2 is 2.14 bits per heavy atom. The molecule has 0 spiro atoms. The first-order valence-electron chi connectivity index (χ1n) is 6.04. The van der Waals surface area contributed by atoms with Crippen LogP contribution in [0.5, 0.6) is 0 Å². The van der Waals surface area contributed by atoms with Gasteiger partial charge in [-0.15, -0.1) is 0 Å². The van der Waals surface area contributed by atoms with E-state index in [0.29, 0.717) is 6.04 Å². The van der Waals surface area contributed by atoms with Gasteiger partial charge in [-0.1, -0.05) is 6.92 Å². The van der Waals surface area contributed by atoms with E-state index in [1.807, 2.05) is 7.05 Å². The van der Waals surface area contributed by atoms with Crippen molar-refractivity contribution in [3.63, 3.8) is 0 Å². The van der Waals surface area contributed by atoms with Gasteiger partial charge in [-0.05, 0) is 59.2 Å². The smallest absolute Gasteiger partial charge is 0.00694 e. The molecule has 1 N–H and O–H groups in total. The fraction of sp³-hybridized carbons (Fsp3) is 1.00. The number of nitrogens with one attached hydrogen (secondary N) is 1. The second kappa shape index (κ2) is 5.72. The summed E-state index contributed by atoms with van der Waals surface area (Å²) < 4.78 is 0. The molecule has 0 aromatic rings. The highest BCUT2D eigenvalue weighted by atomic mass is 15.2. The molecule has 0 radical (unpaired) electrons. The van der Waals surface area contributed by atoms with E-state index < -0.39 is 0 Å². The Morgan fingerprint density at radius 3 is 2.71 bits per heavy atom. The van der Waals surface area contributed by atoms with Crippen molar-refractivity contribution < 1.29 is 0 Å². The molecule has 0 aromatic carbocycles. The molecular weight excluding hydrogens is 172 g/mol. The highest BCUT2D eigenvalue weighted by Gasteiger charge is 2.22. The minimum Gasteiger partial charge on any atom is -0.317 e. The van der Waals surface area contributed by atoms with Crippen molar-refractivity contribution in [2.75, 3.05) is 20.1 Å².